The molecule has 1 saturated heterocycles. The molecule has 1 aromatic carbocycles. The van der Waals surface area contributed by atoms with Crippen LogP contribution in [0.25, 0.3) is 0 Å². The van der Waals surface area contributed by atoms with Gasteiger partial charge in [0.1, 0.15) is 22.8 Å². The summed E-state index contributed by atoms with van der Waals surface area (Å²) < 4.78 is 38.0. The molecule has 2 unspecified atom stereocenters. The van der Waals surface area contributed by atoms with Gasteiger partial charge in [0, 0.05) is 12.5 Å². The molecular formula is C19H26F2N2O5. The lowest BCUT2D eigenvalue weighted by Crippen LogP contribution is -2.51. The van der Waals surface area contributed by atoms with Crippen molar-refractivity contribution in [2.45, 2.75) is 71.4 Å². The van der Waals surface area contributed by atoms with E-state index in [9.17, 15) is 23.5 Å². The molecule has 2 atom stereocenters. The summed E-state index contributed by atoms with van der Waals surface area (Å²) in [6, 6.07) is 1.74. The van der Waals surface area contributed by atoms with Crippen LogP contribution in [0.15, 0.2) is 18.2 Å². The van der Waals surface area contributed by atoms with Gasteiger partial charge in [-0.15, -0.1) is 0 Å². The minimum absolute atomic E-state index is 0.0773. The molecule has 9 heteroatoms. The standard InChI is InChI=1S/C19H26F2N2O5/c1-18(2,3)27-16(25)22-14(11-7-12(20)9-13(21)8-11)10-15(24)23(22)17(26)28-19(4,5)6/h7-9,14-15,24H,10H2,1-6H3. The van der Waals surface area contributed by atoms with E-state index >= 15 is 0 Å². The average Bonchev–Trinajstić information content (AvgIpc) is 2.80. The molecule has 1 heterocycles. The Balaban J connectivity index is 2.46. The van der Waals surface area contributed by atoms with Crippen LogP contribution in [0.3, 0.4) is 0 Å². The second kappa shape index (κ2) is 7.54. The van der Waals surface area contributed by atoms with Crippen LogP contribution >= 0.6 is 0 Å². The number of halogens is 2. The summed E-state index contributed by atoms with van der Waals surface area (Å²) in [7, 11) is 0. The van der Waals surface area contributed by atoms with E-state index in [1.54, 1.807) is 41.5 Å². The van der Waals surface area contributed by atoms with Crippen LogP contribution in [0.1, 0.15) is 59.6 Å². The normalized spacial score (nSPS) is 20.3. The SMILES string of the molecule is CC(C)(C)OC(=O)N1C(O)CC(c2cc(F)cc(F)c2)N1C(=O)OC(C)(C)C. The summed E-state index contributed by atoms with van der Waals surface area (Å²) in [5.41, 5.74) is -1.71. The molecule has 0 aromatic heterocycles. The number of hydrogen-bond donors (Lipinski definition) is 1. The molecular weight excluding hydrogens is 374 g/mol. The van der Waals surface area contributed by atoms with Crippen molar-refractivity contribution in [3.8, 4) is 0 Å². The largest absolute Gasteiger partial charge is 0.442 e. The first kappa shape index (κ1) is 21.9. The molecule has 2 amide bonds. The highest BCUT2D eigenvalue weighted by Gasteiger charge is 2.48. The lowest BCUT2D eigenvalue weighted by molar-refractivity contribution is -0.0964. The molecule has 0 saturated carbocycles. The van der Waals surface area contributed by atoms with Crippen LogP contribution in [-0.4, -0.2) is 44.7 Å². The summed E-state index contributed by atoms with van der Waals surface area (Å²) in [6.45, 7) is 9.78. The quantitative estimate of drug-likeness (QED) is 0.767. The Labute approximate surface area is 162 Å². The van der Waals surface area contributed by atoms with E-state index in [0.29, 0.717) is 11.1 Å². The number of rotatable bonds is 1. The molecule has 0 aliphatic carbocycles. The Kier molecular flexibility index (Phi) is 5.89. The molecule has 0 radical (unpaired) electrons. The van der Waals surface area contributed by atoms with Crippen molar-refractivity contribution < 1.29 is 33.0 Å². The molecule has 156 valence electrons. The Bertz CT molecular complexity index is 737. The predicted octanol–water partition coefficient (Wildman–Crippen LogP) is 4.12. The third kappa shape index (κ3) is 5.31. The molecule has 1 fully saturated rings. The minimum Gasteiger partial charge on any atom is -0.442 e. The van der Waals surface area contributed by atoms with Gasteiger partial charge >= 0.3 is 12.2 Å². The first-order valence-corrected chi connectivity index (χ1v) is 8.86. The number of aliphatic hydroxyl groups excluding tert-OH is 1. The van der Waals surface area contributed by atoms with Gasteiger partial charge in [-0.2, -0.15) is 5.01 Å². The summed E-state index contributed by atoms with van der Waals surface area (Å²) in [5.74, 6) is -1.69. The van der Waals surface area contributed by atoms with E-state index in [0.717, 1.165) is 17.1 Å². The van der Waals surface area contributed by atoms with Gasteiger partial charge in [-0.1, -0.05) is 0 Å². The first-order chi connectivity index (χ1) is 12.7. The second-order valence-corrected chi connectivity index (χ2v) is 8.58. The predicted molar refractivity (Wildman–Crippen MR) is 95.9 cm³/mol. The van der Waals surface area contributed by atoms with Gasteiger partial charge in [-0.05, 0) is 59.2 Å². The van der Waals surface area contributed by atoms with E-state index in [1.165, 1.54) is 0 Å². The molecule has 1 aliphatic heterocycles. The lowest BCUT2D eigenvalue weighted by Gasteiger charge is -2.35. The molecule has 7 nitrogen and oxygen atoms in total. The van der Waals surface area contributed by atoms with Gasteiger partial charge in [0.25, 0.3) is 0 Å². The zero-order valence-corrected chi connectivity index (χ0v) is 16.8. The number of nitrogens with zero attached hydrogens (tertiary/aromatic N) is 2. The van der Waals surface area contributed by atoms with E-state index in [2.05, 4.69) is 0 Å². The number of amides is 2. The van der Waals surface area contributed by atoms with E-state index in [-0.39, 0.29) is 12.0 Å². The topological polar surface area (TPSA) is 79.3 Å². The lowest BCUT2D eigenvalue weighted by atomic mass is 10.0. The fraction of sp³-hybridized carbons (Fsp3) is 0.579. The van der Waals surface area contributed by atoms with Crippen molar-refractivity contribution in [1.29, 1.82) is 0 Å². The third-order valence-electron chi connectivity index (χ3n) is 3.67. The molecule has 1 aromatic rings. The van der Waals surface area contributed by atoms with Gasteiger partial charge in [0.15, 0.2) is 6.23 Å². The fourth-order valence-electron chi connectivity index (χ4n) is 2.78. The maximum absolute atomic E-state index is 13.7. The Morgan fingerprint density at radius 2 is 1.36 bits per heavy atom. The number of aliphatic hydroxyl groups is 1. The number of ether oxygens (including phenoxy) is 2. The number of benzene rings is 1. The smallest absolute Gasteiger partial charge is 0.431 e. The molecule has 0 bridgehead atoms. The Hall–Kier alpha value is -2.42. The van der Waals surface area contributed by atoms with Crippen molar-refractivity contribution >= 4 is 12.2 Å². The van der Waals surface area contributed by atoms with Crippen molar-refractivity contribution in [3.63, 3.8) is 0 Å². The number of carbonyl (C=O) groups excluding carboxylic acids is 2. The van der Waals surface area contributed by atoms with Crippen LogP contribution in [-0.2, 0) is 9.47 Å². The van der Waals surface area contributed by atoms with E-state index in [4.69, 9.17) is 9.47 Å². The Morgan fingerprint density at radius 3 is 1.79 bits per heavy atom. The Morgan fingerprint density at radius 1 is 0.929 bits per heavy atom. The van der Waals surface area contributed by atoms with Crippen LogP contribution in [0.2, 0.25) is 0 Å². The maximum Gasteiger partial charge on any atom is 0.431 e. The number of carbonyl (C=O) groups is 2. The van der Waals surface area contributed by atoms with Gasteiger partial charge < -0.3 is 14.6 Å². The third-order valence-corrected chi connectivity index (χ3v) is 3.67. The first-order valence-electron chi connectivity index (χ1n) is 8.86. The van der Waals surface area contributed by atoms with Gasteiger partial charge in [-0.25, -0.2) is 23.4 Å². The van der Waals surface area contributed by atoms with Crippen molar-refractivity contribution in [2.24, 2.45) is 0 Å². The van der Waals surface area contributed by atoms with Crippen LogP contribution in [0, 0.1) is 11.6 Å². The summed E-state index contributed by atoms with van der Waals surface area (Å²) in [6.07, 6.45) is -3.55. The molecule has 2 rings (SSSR count). The molecule has 1 N–H and O–H groups in total. The molecule has 0 spiro atoms. The van der Waals surface area contributed by atoms with Crippen molar-refractivity contribution in [2.75, 3.05) is 0 Å². The van der Waals surface area contributed by atoms with Gasteiger partial charge in [0.05, 0.1) is 6.04 Å². The molecule has 28 heavy (non-hydrogen) atoms. The van der Waals surface area contributed by atoms with E-state index in [1.807, 2.05) is 0 Å². The average molecular weight is 400 g/mol. The molecule has 1 aliphatic rings. The highest BCUT2D eigenvalue weighted by atomic mass is 19.1. The number of hydrogen-bond acceptors (Lipinski definition) is 5. The van der Waals surface area contributed by atoms with Crippen LogP contribution in [0.5, 0.6) is 0 Å². The summed E-state index contributed by atoms with van der Waals surface area (Å²) >= 11 is 0. The van der Waals surface area contributed by atoms with Crippen LogP contribution < -0.4 is 0 Å². The van der Waals surface area contributed by atoms with Crippen molar-refractivity contribution in [3.05, 3.63) is 35.4 Å². The highest BCUT2D eigenvalue weighted by Crippen LogP contribution is 2.38. The zero-order valence-electron chi connectivity index (χ0n) is 16.8. The van der Waals surface area contributed by atoms with E-state index < -0.39 is 47.3 Å². The summed E-state index contributed by atoms with van der Waals surface area (Å²) in [5, 5.41) is 12.0. The van der Waals surface area contributed by atoms with Crippen LogP contribution in [0.4, 0.5) is 18.4 Å². The fourth-order valence-corrected chi connectivity index (χ4v) is 2.78. The monoisotopic (exact) mass is 400 g/mol. The maximum atomic E-state index is 13.7. The van der Waals surface area contributed by atoms with Crippen molar-refractivity contribution in [1.82, 2.24) is 10.0 Å². The zero-order chi connectivity index (χ0) is 21.4. The second-order valence-electron chi connectivity index (χ2n) is 8.58. The van der Waals surface area contributed by atoms with Gasteiger partial charge in [-0.3, -0.25) is 0 Å². The highest BCUT2D eigenvalue weighted by molar-refractivity contribution is 5.76. The summed E-state index contributed by atoms with van der Waals surface area (Å²) in [4.78, 5) is 25.4. The minimum atomic E-state index is -1.45. The van der Waals surface area contributed by atoms with Gasteiger partial charge in [0.2, 0.25) is 0 Å². The number of hydrazine groups is 1.